The number of carbonyl (C=O) groups is 1. The van der Waals surface area contributed by atoms with Crippen LogP contribution in [0.3, 0.4) is 0 Å². The Labute approximate surface area is 123 Å². The largest absolute Gasteiger partial charge is 0.338 e. The normalized spacial score (nSPS) is 18.6. The van der Waals surface area contributed by atoms with Gasteiger partial charge in [0.2, 0.25) is 5.91 Å². The van der Waals surface area contributed by atoms with E-state index in [9.17, 15) is 14.9 Å². The van der Waals surface area contributed by atoms with Crippen molar-refractivity contribution in [3.05, 3.63) is 46.0 Å². The molecule has 1 amide bonds. The van der Waals surface area contributed by atoms with Crippen molar-refractivity contribution in [3.8, 4) is 0 Å². The summed E-state index contributed by atoms with van der Waals surface area (Å²) < 4.78 is 0. The van der Waals surface area contributed by atoms with Crippen molar-refractivity contribution in [2.75, 3.05) is 20.1 Å². The van der Waals surface area contributed by atoms with Crippen molar-refractivity contribution in [1.82, 2.24) is 10.2 Å². The van der Waals surface area contributed by atoms with E-state index in [-0.39, 0.29) is 17.6 Å². The number of nitrogens with one attached hydrogen (secondary N) is 1. The van der Waals surface area contributed by atoms with Crippen LogP contribution in [0.5, 0.6) is 0 Å². The molecule has 1 atom stereocenters. The first-order chi connectivity index (χ1) is 10.1. The number of nitro benzene ring substituents is 1. The predicted octanol–water partition coefficient (Wildman–Crippen LogP) is 1.82. The SMILES string of the molecule is CN(C(=O)C=Cc1ccc([N+](=O)[O-])cc1)C1CCCNC1. The molecule has 1 aliphatic rings. The molecule has 21 heavy (non-hydrogen) atoms. The van der Waals surface area contributed by atoms with E-state index in [2.05, 4.69) is 5.32 Å². The summed E-state index contributed by atoms with van der Waals surface area (Å²) in [5, 5.41) is 13.8. The predicted molar refractivity (Wildman–Crippen MR) is 80.8 cm³/mol. The van der Waals surface area contributed by atoms with Crippen LogP contribution in [0.4, 0.5) is 5.69 Å². The minimum absolute atomic E-state index is 0.0453. The summed E-state index contributed by atoms with van der Waals surface area (Å²) in [6.45, 7) is 1.84. The van der Waals surface area contributed by atoms with Gasteiger partial charge < -0.3 is 10.2 Å². The first kappa shape index (κ1) is 15.2. The molecular weight excluding hydrogens is 270 g/mol. The second-order valence-electron chi connectivity index (χ2n) is 5.13. The Morgan fingerprint density at radius 2 is 2.14 bits per heavy atom. The van der Waals surface area contributed by atoms with Gasteiger partial charge in [0.05, 0.1) is 4.92 Å². The van der Waals surface area contributed by atoms with Crippen LogP contribution in [-0.4, -0.2) is 41.9 Å². The molecule has 1 N–H and O–H groups in total. The average molecular weight is 289 g/mol. The highest BCUT2D eigenvalue weighted by atomic mass is 16.6. The zero-order chi connectivity index (χ0) is 15.2. The lowest BCUT2D eigenvalue weighted by atomic mass is 10.1. The maximum Gasteiger partial charge on any atom is 0.269 e. The molecule has 0 aliphatic carbocycles. The zero-order valence-corrected chi connectivity index (χ0v) is 12.0. The number of benzene rings is 1. The van der Waals surface area contributed by atoms with Crippen molar-refractivity contribution < 1.29 is 9.72 Å². The number of hydrogen-bond acceptors (Lipinski definition) is 4. The molecule has 1 unspecified atom stereocenters. The fourth-order valence-electron chi connectivity index (χ4n) is 2.34. The molecule has 112 valence electrons. The summed E-state index contributed by atoms with van der Waals surface area (Å²) in [4.78, 5) is 24.0. The number of likely N-dealkylation sites (N-methyl/N-ethyl adjacent to an activating group) is 1. The molecule has 0 bridgehead atoms. The minimum atomic E-state index is -0.442. The van der Waals surface area contributed by atoms with Gasteiger partial charge in [-0.2, -0.15) is 0 Å². The smallest absolute Gasteiger partial charge is 0.269 e. The van der Waals surface area contributed by atoms with Crippen LogP contribution >= 0.6 is 0 Å². The van der Waals surface area contributed by atoms with Gasteiger partial charge in [0.25, 0.3) is 5.69 Å². The number of rotatable bonds is 4. The Bertz CT molecular complexity index is 534. The third kappa shape index (κ3) is 4.13. The van der Waals surface area contributed by atoms with Crippen LogP contribution in [0.15, 0.2) is 30.3 Å². The van der Waals surface area contributed by atoms with Gasteiger partial charge >= 0.3 is 0 Å². The van der Waals surface area contributed by atoms with Crippen molar-refractivity contribution >= 4 is 17.7 Å². The van der Waals surface area contributed by atoms with Crippen molar-refractivity contribution in [2.24, 2.45) is 0 Å². The van der Waals surface area contributed by atoms with Gasteiger partial charge in [0, 0.05) is 37.8 Å². The van der Waals surface area contributed by atoms with Gasteiger partial charge in [-0.15, -0.1) is 0 Å². The third-order valence-electron chi connectivity index (χ3n) is 3.69. The number of nitro groups is 1. The average Bonchev–Trinajstić information content (AvgIpc) is 2.53. The molecule has 1 aromatic carbocycles. The Balaban J connectivity index is 1.95. The molecule has 0 radical (unpaired) electrons. The molecular formula is C15H19N3O3. The maximum absolute atomic E-state index is 12.1. The highest BCUT2D eigenvalue weighted by Gasteiger charge is 2.20. The number of carbonyl (C=O) groups excluding carboxylic acids is 1. The fraction of sp³-hybridized carbons (Fsp3) is 0.400. The monoisotopic (exact) mass is 289 g/mol. The molecule has 1 aliphatic heterocycles. The molecule has 1 heterocycles. The van der Waals surface area contributed by atoms with E-state index < -0.39 is 4.92 Å². The molecule has 6 nitrogen and oxygen atoms in total. The molecule has 1 fully saturated rings. The van der Waals surface area contributed by atoms with Gasteiger partial charge in [-0.3, -0.25) is 14.9 Å². The van der Waals surface area contributed by atoms with Gasteiger partial charge in [-0.25, -0.2) is 0 Å². The van der Waals surface area contributed by atoms with E-state index in [0.29, 0.717) is 0 Å². The lowest BCUT2D eigenvalue weighted by Gasteiger charge is -2.31. The van der Waals surface area contributed by atoms with Gasteiger partial charge in [0.1, 0.15) is 0 Å². The molecule has 0 spiro atoms. The van der Waals surface area contributed by atoms with Gasteiger partial charge in [-0.05, 0) is 43.2 Å². The van der Waals surface area contributed by atoms with Crippen LogP contribution in [0.1, 0.15) is 18.4 Å². The van der Waals surface area contributed by atoms with E-state index in [1.807, 2.05) is 0 Å². The fourth-order valence-corrected chi connectivity index (χ4v) is 2.34. The first-order valence-electron chi connectivity index (χ1n) is 6.98. The van der Waals surface area contributed by atoms with E-state index >= 15 is 0 Å². The maximum atomic E-state index is 12.1. The van der Waals surface area contributed by atoms with E-state index in [1.165, 1.54) is 18.2 Å². The molecule has 0 aromatic heterocycles. The van der Waals surface area contributed by atoms with Crippen LogP contribution in [0, 0.1) is 10.1 Å². The number of hydrogen-bond donors (Lipinski definition) is 1. The Hall–Kier alpha value is -2.21. The Morgan fingerprint density at radius 1 is 1.43 bits per heavy atom. The number of piperidine rings is 1. The number of non-ortho nitro benzene ring substituents is 1. The van der Waals surface area contributed by atoms with E-state index in [1.54, 1.807) is 30.2 Å². The molecule has 1 saturated heterocycles. The van der Waals surface area contributed by atoms with Crippen LogP contribution in [0.2, 0.25) is 0 Å². The molecule has 2 rings (SSSR count). The van der Waals surface area contributed by atoms with Crippen LogP contribution in [0.25, 0.3) is 6.08 Å². The summed E-state index contributed by atoms with van der Waals surface area (Å²) in [7, 11) is 1.81. The van der Waals surface area contributed by atoms with Gasteiger partial charge in [0.15, 0.2) is 0 Å². The Kier molecular flexibility index (Phi) is 5.05. The summed E-state index contributed by atoms with van der Waals surface area (Å²) in [5.41, 5.74) is 0.813. The summed E-state index contributed by atoms with van der Waals surface area (Å²) >= 11 is 0. The third-order valence-corrected chi connectivity index (χ3v) is 3.69. The summed E-state index contributed by atoms with van der Waals surface area (Å²) in [5.74, 6) is -0.0537. The minimum Gasteiger partial charge on any atom is -0.338 e. The second kappa shape index (κ2) is 6.99. The van der Waals surface area contributed by atoms with E-state index in [0.717, 1.165) is 31.5 Å². The highest BCUT2D eigenvalue weighted by molar-refractivity contribution is 5.91. The standard InChI is InChI=1S/C15H19N3O3/c1-17(14-3-2-10-16-11-14)15(19)9-6-12-4-7-13(8-5-12)18(20)21/h4-9,14,16H,2-3,10-11H2,1H3. The highest BCUT2D eigenvalue weighted by Crippen LogP contribution is 2.13. The van der Waals surface area contributed by atoms with Crippen molar-refractivity contribution in [3.63, 3.8) is 0 Å². The summed E-state index contributed by atoms with van der Waals surface area (Å²) in [6.07, 6.45) is 5.28. The summed E-state index contributed by atoms with van der Waals surface area (Å²) in [6, 6.07) is 6.35. The number of nitrogens with zero attached hydrogens (tertiary/aromatic N) is 2. The second-order valence-corrected chi connectivity index (χ2v) is 5.13. The van der Waals surface area contributed by atoms with Crippen LogP contribution in [-0.2, 0) is 4.79 Å². The Morgan fingerprint density at radius 3 is 2.71 bits per heavy atom. The molecule has 0 saturated carbocycles. The van der Waals surface area contributed by atoms with Crippen molar-refractivity contribution in [1.29, 1.82) is 0 Å². The van der Waals surface area contributed by atoms with Crippen molar-refractivity contribution in [2.45, 2.75) is 18.9 Å². The number of amides is 1. The first-order valence-corrected chi connectivity index (χ1v) is 6.98. The van der Waals surface area contributed by atoms with Gasteiger partial charge in [-0.1, -0.05) is 0 Å². The zero-order valence-electron chi connectivity index (χ0n) is 12.0. The van der Waals surface area contributed by atoms with E-state index in [4.69, 9.17) is 0 Å². The molecule has 6 heteroatoms. The lowest BCUT2D eigenvalue weighted by Crippen LogP contribution is -2.46. The van der Waals surface area contributed by atoms with Crippen LogP contribution < -0.4 is 5.32 Å². The lowest BCUT2D eigenvalue weighted by molar-refractivity contribution is -0.384. The quantitative estimate of drug-likeness (QED) is 0.521. The molecule has 1 aromatic rings. The topological polar surface area (TPSA) is 75.5 Å².